The minimum absolute atomic E-state index is 0.165. The zero-order chi connectivity index (χ0) is 19.9. The predicted molar refractivity (Wildman–Crippen MR) is 109 cm³/mol. The largest absolute Gasteiger partial charge is 0.292 e. The van der Waals surface area contributed by atoms with E-state index < -0.39 is 22.1 Å². The van der Waals surface area contributed by atoms with Crippen LogP contribution >= 0.6 is 11.6 Å². The summed E-state index contributed by atoms with van der Waals surface area (Å²) in [6.07, 6.45) is 0. The van der Waals surface area contributed by atoms with Gasteiger partial charge in [-0.25, -0.2) is 8.42 Å². The molecule has 0 aromatic heterocycles. The highest BCUT2D eigenvalue weighted by molar-refractivity contribution is 7.89. The van der Waals surface area contributed by atoms with Crippen LogP contribution in [0.3, 0.4) is 0 Å². The van der Waals surface area contributed by atoms with Gasteiger partial charge in [0, 0.05) is 10.6 Å². The number of carbonyl (C=O) groups is 1. The lowest BCUT2D eigenvalue weighted by molar-refractivity contribution is 0.0981. The molecule has 142 valence electrons. The zero-order valence-corrected chi connectivity index (χ0v) is 16.7. The molecule has 0 radical (unpaired) electrons. The van der Waals surface area contributed by atoms with Crippen LogP contribution in [0.25, 0.3) is 0 Å². The fourth-order valence-electron chi connectivity index (χ4n) is 3.40. The Morgan fingerprint density at radius 3 is 2.14 bits per heavy atom. The van der Waals surface area contributed by atoms with Gasteiger partial charge in [-0.3, -0.25) is 4.79 Å². The van der Waals surface area contributed by atoms with E-state index in [4.69, 9.17) is 11.6 Å². The number of nitrogens with zero attached hydrogens (tertiary/aromatic N) is 1. The van der Waals surface area contributed by atoms with E-state index in [1.165, 1.54) is 4.31 Å². The van der Waals surface area contributed by atoms with Crippen LogP contribution in [0, 0.1) is 6.92 Å². The van der Waals surface area contributed by atoms with Crippen LogP contribution in [0.4, 0.5) is 0 Å². The lowest BCUT2D eigenvalue weighted by Crippen LogP contribution is -2.19. The number of benzene rings is 3. The van der Waals surface area contributed by atoms with Crippen molar-refractivity contribution in [2.45, 2.75) is 23.9 Å². The molecule has 1 fully saturated rings. The second-order valence-corrected chi connectivity index (χ2v) is 9.04. The first-order chi connectivity index (χ1) is 13.4. The van der Waals surface area contributed by atoms with E-state index in [0.717, 1.165) is 5.56 Å². The summed E-state index contributed by atoms with van der Waals surface area (Å²) in [7, 11) is -3.84. The van der Waals surface area contributed by atoms with Crippen LogP contribution < -0.4 is 0 Å². The van der Waals surface area contributed by atoms with E-state index in [1.54, 1.807) is 72.8 Å². The predicted octanol–water partition coefficient (Wildman–Crippen LogP) is 4.65. The van der Waals surface area contributed by atoms with Gasteiger partial charge in [-0.2, -0.15) is 4.31 Å². The van der Waals surface area contributed by atoms with Gasteiger partial charge in [0.1, 0.15) is 6.04 Å². The van der Waals surface area contributed by atoms with Crippen molar-refractivity contribution >= 4 is 27.4 Å². The lowest BCUT2D eigenvalue weighted by Gasteiger charge is -2.08. The number of hydrogen-bond donors (Lipinski definition) is 0. The highest BCUT2D eigenvalue weighted by Crippen LogP contribution is 2.50. The van der Waals surface area contributed by atoms with Crippen molar-refractivity contribution < 1.29 is 13.2 Å². The zero-order valence-electron chi connectivity index (χ0n) is 15.1. The van der Waals surface area contributed by atoms with E-state index in [0.29, 0.717) is 16.1 Å². The Labute approximate surface area is 169 Å². The van der Waals surface area contributed by atoms with E-state index >= 15 is 0 Å². The molecule has 3 aromatic rings. The van der Waals surface area contributed by atoms with Crippen LogP contribution in [0.5, 0.6) is 0 Å². The highest BCUT2D eigenvalue weighted by Gasteiger charge is 2.60. The lowest BCUT2D eigenvalue weighted by atomic mass is 10.0. The Hall–Kier alpha value is -2.47. The standard InChI is InChI=1S/C22H18ClNO3S/c1-15-11-13-17(14-12-15)28(26,27)24-20(18-9-5-6-10-19(18)23)21(24)22(25)16-7-3-2-4-8-16/h2-14,20-21H,1H3/t20-,21+,24?/m1/s1. The molecule has 0 aliphatic carbocycles. The molecule has 1 aliphatic rings. The van der Waals surface area contributed by atoms with Gasteiger partial charge in [-0.1, -0.05) is 77.8 Å². The molecule has 0 N–H and O–H groups in total. The van der Waals surface area contributed by atoms with Gasteiger partial charge in [0.2, 0.25) is 10.0 Å². The van der Waals surface area contributed by atoms with Crippen LogP contribution in [0.1, 0.15) is 27.5 Å². The molecule has 0 bridgehead atoms. The summed E-state index contributed by atoms with van der Waals surface area (Å²) >= 11 is 6.32. The molecule has 1 aliphatic heterocycles. The molecule has 1 saturated heterocycles. The SMILES string of the molecule is Cc1ccc(S(=O)(=O)N2[C@H](C(=O)c3ccccc3)[C@H]2c2ccccc2Cl)cc1. The summed E-state index contributed by atoms with van der Waals surface area (Å²) in [5.41, 5.74) is 2.07. The third kappa shape index (κ3) is 3.26. The third-order valence-electron chi connectivity index (χ3n) is 4.90. The molecule has 3 atom stereocenters. The number of sulfonamides is 1. The number of carbonyl (C=O) groups excluding carboxylic acids is 1. The van der Waals surface area contributed by atoms with Gasteiger partial charge in [0.05, 0.1) is 10.9 Å². The highest BCUT2D eigenvalue weighted by atomic mass is 35.5. The molecule has 4 nitrogen and oxygen atoms in total. The van der Waals surface area contributed by atoms with E-state index in [-0.39, 0.29) is 10.7 Å². The normalized spacial score (nSPS) is 21.3. The number of aryl methyl sites for hydroxylation is 1. The summed E-state index contributed by atoms with van der Waals surface area (Å²) < 4.78 is 27.8. The van der Waals surface area contributed by atoms with Crippen LogP contribution in [-0.4, -0.2) is 24.5 Å². The molecule has 0 spiro atoms. The monoisotopic (exact) mass is 411 g/mol. The fraction of sp³-hybridized carbons (Fsp3) is 0.136. The van der Waals surface area contributed by atoms with Gasteiger partial charge in [-0.05, 0) is 30.7 Å². The first-order valence-corrected chi connectivity index (χ1v) is 10.7. The number of Topliss-reactive ketones (excluding diaryl/α,β-unsaturated/α-hetero) is 1. The van der Waals surface area contributed by atoms with Crippen molar-refractivity contribution in [3.8, 4) is 0 Å². The Morgan fingerprint density at radius 2 is 1.50 bits per heavy atom. The number of ketones is 1. The Kier molecular flexibility index (Phi) is 4.83. The fourth-order valence-corrected chi connectivity index (χ4v) is 5.35. The van der Waals surface area contributed by atoms with Crippen LogP contribution in [0.15, 0.2) is 83.8 Å². The average Bonchev–Trinajstić information content (AvgIpc) is 3.45. The third-order valence-corrected chi connectivity index (χ3v) is 7.13. The maximum Gasteiger partial charge on any atom is 0.244 e. The van der Waals surface area contributed by atoms with Gasteiger partial charge in [0.25, 0.3) is 0 Å². The van der Waals surface area contributed by atoms with Crippen molar-refractivity contribution in [1.82, 2.24) is 4.31 Å². The summed E-state index contributed by atoms with van der Waals surface area (Å²) in [4.78, 5) is 13.3. The quantitative estimate of drug-likeness (QED) is 0.453. The van der Waals surface area contributed by atoms with Gasteiger partial charge < -0.3 is 0 Å². The molecule has 0 saturated carbocycles. The minimum Gasteiger partial charge on any atom is -0.292 e. The second-order valence-electron chi connectivity index (χ2n) is 6.79. The Morgan fingerprint density at radius 1 is 0.893 bits per heavy atom. The first kappa shape index (κ1) is 18.9. The van der Waals surface area contributed by atoms with Gasteiger partial charge in [0.15, 0.2) is 5.78 Å². The number of hydrogen-bond acceptors (Lipinski definition) is 3. The smallest absolute Gasteiger partial charge is 0.244 e. The van der Waals surface area contributed by atoms with Crippen LogP contribution in [-0.2, 0) is 10.0 Å². The van der Waals surface area contributed by atoms with Crippen molar-refractivity contribution in [3.63, 3.8) is 0 Å². The van der Waals surface area contributed by atoms with Crippen molar-refractivity contribution in [1.29, 1.82) is 0 Å². The van der Waals surface area contributed by atoms with E-state index in [9.17, 15) is 13.2 Å². The Bertz CT molecular complexity index is 1130. The molecule has 6 heteroatoms. The maximum atomic E-state index is 13.3. The van der Waals surface area contributed by atoms with Gasteiger partial charge in [-0.15, -0.1) is 0 Å². The Balaban J connectivity index is 1.78. The molecule has 0 amide bonds. The molecule has 3 aromatic carbocycles. The minimum atomic E-state index is -3.84. The number of halogens is 1. The number of rotatable bonds is 5. The summed E-state index contributed by atoms with van der Waals surface area (Å²) in [6.45, 7) is 1.89. The van der Waals surface area contributed by atoms with Crippen molar-refractivity contribution in [3.05, 3.63) is 101 Å². The van der Waals surface area contributed by atoms with Gasteiger partial charge >= 0.3 is 0 Å². The topological polar surface area (TPSA) is 54.2 Å². The molecular formula is C22H18ClNO3S. The van der Waals surface area contributed by atoms with E-state index in [2.05, 4.69) is 0 Å². The summed E-state index contributed by atoms with van der Waals surface area (Å²) in [5, 5.41) is 0.444. The van der Waals surface area contributed by atoms with Crippen LogP contribution in [0.2, 0.25) is 5.02 Å². The summed E-state index contributed by atoms with van der Waals surface area (Å²) in [6, 6.07) is 21.0. The first-order valence-electron chi connectivity index (χ1n) is 8.85. The van der Waals surface area contributed by atoms with Crippen molar-refractivity contribution in [2.75, 3.05) is 0 Å². The molecule has 28 heavy (non-hydrogen) atoms. The summed E-state index contributed by atoms with van der Waals surface area (Å²) in [5.74, 6) is -0.235. The molecular weight excluding hydrogens is 394 g/mol. The molecule has 1 unspecified atom stereocenters. The maximum absolute atomic E-state index is 13.3. The van der Waals surface area contributed by atoms with Crippen molar-refractivity contribution in [2.24, 2.45) is 0 Å². The average molecular weight is 412 g/mol. The molecule has 1 heterocycles. The molecule has 4 rings (SSSR count). The second kappa shape index (κ2) is 7.17. The van der Waals surface area contributed by atoms with E-state index in [1.807, 2.05) is 13.0 Å².